The van der Waals surface area contributed by atoms with Crippen LogP contribution in [0.2, 0.25) is 0 Å². The van der Waals surface area contributed by atoms with E-state index in [-0.39, 0.29) is 5.91 Å². The highest BCUT2D eigenvalue weighted by atomic mass is 16.1. The standard InChI is InChI=1S/C17H22N4O/c22-17(9-8-15-6-3-10-18-15)19-13-14-5-1-2-7-16(14)21-12-4-11-20-21/h1-2,4-5,7,11-12,15,18H,3,6,8-10,13H2,(H,19,22). The minimum absolute atomic E-state index is 0.115. The summed E-state index contributed by atoms with van der Waals surface area (Å²) in [6.45, 7) is 1.62. The van der Waals surface area contributed by atoms with E-state index in [0.717, 1.165) is 24.2 Å². The van der Waals surface area contributed by atoms with Crippen LogP contribution in [-0.2, 0) is 11.3 Å². The molecule has 0 radical (unpaired) electrons. The first-order valence-corrected chi connectivity index (χ1v) is 7.91. The summed E-state index contributed by atoms with van der Waals surface area (Å²) in [5.74, 6) is 0.115. The average molecular weight is 298 g/mol. The molecule has 2 aromatic rings. The quantitative estimate of drug-likeness (QED) is 0.858. The lowest BCUT2D eigenvalue weighted by molar-refractivity contribution is -0.121. The van der Waals surface area contributed by atoms with E-state index in [1.807, 2.05) is 41.2 Å². The van der Waals surface area contributed by atoms with Gasteiger partial charge in [-0.1, -0.05) is 18.2 Å². The van der Waals surface area contributed by atoms with Crippen molar-refractivity contribution < 1.29 is 4.79 Å². The van der Waals surface area contributed by atoms with Crippen molar-refractivity contribution >= 4 is 5.91 Å². The number of rotatable bonds is 6. The van der Waals surface area contributed by atoms with E-state index in [9.17, 15) is 4.79 Å². The maximum absolute atomic E-state index is 12.0. The Bertz CT molecular complexity index is 603. The Balaban J connectivity index is 1.54. The molecule has 116 valence electrons. The van der Waals surface area contributed by atoms with E-state index in [0.29, 0.717) is 19.0 Å². The molecule has 1 aromatic carbocycles. The predicted octanol–water partition coefficient (Wildman–Crippen LogP) is 2.02. The van der Waals surface area contributed by atoms with Crippen molar-refractivity contribution in [2.75, 3.05) is 6.54 Å². The summed E-state index contributed by atoms with van der Waals surface area (Å²) in [4.78, 5) is 12.0. The lowest BCUT2D eigenvalue weighted by Crippen LogP contribution is -2.27. The molecule has 1 amide bonds. The third kappa shape index (κ3) is 3.74. The number of para-hydroxylation sites is 1. The molecular weight excluding hydrogens is 276 g/mol. The molecule has 5 heteroatoms. The first-order valence-electron chi connectivity index (χ1n) is 7.91. The summed E-state index contributed by atoms with van der Waals surface area (Å²) >= 11 is 0. The Morgan fingerprint density at radius 3 is 3.05 bits per heavy atom. The molecule has 0 spiro atoms. The molecule has 0 aliphatic carbocycles. The van der Waals surface area contributed by atoms with Gasteiger partial charge in [0, 0.05) is 31.4 Å². The second-order valence-electron chi connectivity index (χ2n) is 5.69. The number of carbonyl (C=O) groups excluding carboxylic acids is 1. The van der Waals surface area contributed by atoms with Gasteiger partial charge in [0.1, 0.15) is 0 Å². The van der Waals surface area contributed by atoms with Crippen molar-refractivity contribution in [2.24, 2.45) is 0 Å². The Labute approximate surface area is 130 Å². The van der Waals surface area contributed by atoms with Gasteiger partial charge in [-0.3, -0.25) is 4.79 Å². The zero-order valence-corrected chi connectivity index (χ0v) is 12.7. The van der Waals surface area contributed by atoms with Crippen LogP contribution in [0.25, 0.3) is 5.69 Å². The number of carbonyl (C=O) groups is 1. The SMILES string of the molecule is O=C(CCC1CCCN1)NCc1ccccc1-n1cccn1. The topological polar surface area (TPSA) is 59.0 Å². The van der Waals surface area contributed by atoms with E-state index >= 15 is 0 Å². The van der Waals surface area contributed by atoms with Crippen molar-refractivity contribution in [3.63, 3.8) is 0 Å². The van der Waals surface area contributed by atoms with E-state index < -0.39 is 0 Å². The zero-order valence-electron chi connectivity index (χ0n) is 12.7. The third-order valence-electron chi connectivity index (χ3n) is 4.10. The minimum atomic E-state index is 0.115. The largest absolute Gasteiger partial charge is 0.352 e. The van der Waals surface area contributed by atoms with Crippen molar-refractivity contribution in [2.45, 2.75) is 38.3 Å². The highest BCUT2D eigenvalue weighted by molar-refractivity contribution is 5.76. The molecule has 1 aliphatic rings. The lowest BCUT2D eigenvalue weighted by atomic mass is 10.1. The van der Waals surface area contributed by atoms with Crippen molar-refractivity contribution in [3.8, 4) is 5.69 Å². The third-order valence-corrected chi connectivity index (χ3v) is 4.10. The molecule has 1 fully saturated rings. The molecule has 1 atom stereocenters. The summed E-state index contributed by atoms with van der Waals surface area (Å²) in [7, 11) is 0. The number of amides is 1. The van der Waals surface area contributed by atoms with Crippen molar-refractivity contribution in [1.29, 1.82) is 0 Å². The van der Waals surface area contributed by atoms with Crippen LogP contribution in [0.1, 0.15) is 31.2 Å². The van der Waals surface area contributed by atoms with E-state index in [1.165, 1.54) is 12.8 Å². The molecule has 3 rings (SSSR count). The van der Waals surface area contributed by atoms with Gasteiger partial charge >= 0.3 is 0 Å². The monoisotopic (exact) mass is 298 g/mol. The Morgan fingerprint density at radius 2 is 2.27 bits per heavy atom. The fourth-order valence-electron chi connectivity index (χ4n) is 2.89. The van der Waals surface area contributed by atoms with Crippen LogP contribution in [0.5, 0.6) is 0 Å². The minimum Gasteiger partial charge on any atom is -0.352 e. The molecule has 2 heterocycles. The fraction of sp³-hybridized carbons (Fsp3) is 0.412. The van der Waals surface area contributed by atoms with Gasteiger partial charge in [0.25, 0.3) is 0 Å². The molecule has 1 unspecified atom stereocenters. The first-order chi connectivity index (χ1) is 10.8. The molecule has 1 aliphatic heterocycles. The van der Waals surface area contributed by atoms with Crippen molar-refractivity contribution in [1.82, 2.24) is 20.4 Å². The average Bonchev–Trinajstić information content (AvgIpc) is 3.24. The van der Waals surface area contributed by atoms with Gasteiger partial charge in [-0.2, -0.15) is 5.10 Å². The number of aromatic nitrogens is 2. The van der Waals surface area contributed by atoms with Crippen LogP contribution in [0.15, 0.2) is 42.7 Å². The van der Waals surface area contributed by atoms with Crippen LogP contribution in [0.4, 0.5) is 0 Å². The normalized spacial score (nSPS) is 17.5. The van der Waals surface area contributed by atoms with Crippen LogP contribution in [0.3, 0.4) is 0 Å². The van der Waals surface area contributed by atoms with E-state index in [2.05, 4.69) is 15.7 Å². The maximum Gasteiger partial charge on any atom is 0.220 e. The molecule has 1 saturated heterocycles. The van der Waals surface area contributed by atoms with Crippen LogP contribution in [-0.4, -0.2) is 28.3 Å². The smallest absolute Gasteiger partial charge is 0.220 e. The summed E-state index contributed by atoms with van der Waals surface area (Å²) in [5, 5.41) is 10.7. The second-order valence-corrected chi connectivity index (χ2v) is 5.69. The van der Waals surface area contributed by atoms with Gasteiger partial charge in [0.15, 0.2) is 0 Å². The molecule has 0 bridgehead atoms. The zero-order chi connectivity index (χ0) is 15.2. The number of hydrogen-bond acceptors (Lipinski definition) is 3. The molecule has 1 aromatic heterocycles. The van der Waals surface area contributed by atoms with Gasteiger partial charge in [-0.25, -0.2) is 4.68 Å². The Morgan fingerprint density at radius 1 is 1.36 bits per heavy atom. The summed E-state index contributed by atoms with van der Waals surface area (Å²) in [6, 6.07) is 10.4. The first kappa shape index (κ1) is 14.8. The second kappa shape index (κ2) is 7.22. The van der Waals surface area contributed by atoms with Crippen LogP contribution < -0.4 is 10.6 Å². The van der Waals surface area contributed by atoms with Crippen LogP contribution in [0, 0.1) is 0 Å². The number of benzene rings is 1. The van der Waals surface area contributed by atoms with Gasteiger partial charge < -0.3 is 10.6 Å². The number of hydrogen-bond donors (Lipinski definition) is 2. The molecule has 2 N–H and O–H groups in total. The van der Waals surface area contributed by atoms with Crippen molar-refractivity contribution in [3.05, 3.63) is 48.3 Å². The molecule has 22 heavy (non-hydrogen) atoms. The molecular formula is C17H22N4O. The fourth-order valence-corrected chi connectivity index (χ4v) is 2.89. The number of nitrogens with one attached hydrogen (secondary N) is 2. The summed E-state index contributed by atoms with van der Waals surface area (Å²) in [5.41, 5.74) is 2.07. The highest BCUT2D eigenvalue weighted by Gasteiger charge is 2.15. The number of nitrogens with zero attached hydrogens (tertiary/aromatic N) is 2. The predicted molar refractivity (Wildman–Crippen MR) is 85.7 cm³/mol. The summed E-state index contributed by atoms with van der Waals surface area (Å²) < 4.78 is 1.82. The lowest BCUT2D eigenvalue weighted by Gasteiger charge is -2.12. The van der Waals surface area contributed by atoms with Gasteiger partial charge in [0.05, 0.1) is 5.69 Å². The van der Waals surface area contributed by atoms with Gasteiger partial charge in [-0.05, 0) is 43.5 Å². The van der Waals surface area contributed by atoms with Gasteiger partial charge in [0.2, 0.25) is 5.91 Å². The molecule has 0 saturated carbocycles. The van der Waals surface area contributed by atoms with E-state index in [1.54, 1.807) is 6.20 Å². The molecule has 5 nitrogen and oxygen atoms in total. The van der Waals surface area contributed by atoms with Crippen LogP contribution >= 0.6 is 0 Å². The highest BCUT2D eigenvalue weighted by Crippen LogP contribution is 2.14. The van der Waals surface area contributed by atoms with Gasteiger partial charge in [-0.15, -0.1) is 0 Å². The summed E-state index contributed by atoms with van der Waals surface area (Å²) in [6.07, 6.45) is 7.59. The Hall–Kier alpha value is -2.14. The van der Waals surface area contributed by atoms with E-state index in [4.69, 9.17) is 0 Å². The maximum atomic E-state index is 12.0. The Kier molecular flexibility index (Phi) is 4.85.